The van der Waals surface area contributed by atoms with E-state index in [0.717, 1.165) is 32.1 Å². The summed E-state index contributed by atoms with van der Waals surface area (Å²) in [6, 6.07) is 1.44. The second kappa shape index (κ2) is 6.91. The number of nitrogens with one attached hydrogen (secondary N) is 1. The molecule has 0 aromatic carbocycles. The van der Waals surface area contributed by atoms with Crippen molar-refractivity contribution >= 4 is 17.8 Å². The molecule has 0 bridgehead atoms. The number of carbonyl (C=O) groups is 2. The van der Waals surface area contributed by atoms with Crippen LogP contribution in [0.15, 0.2) is 12.3 Å². The van der Waals surface area contributed by atoms with Gasteiger partial charge in [-0.1, -0.05) is 19.8 Å². The fourth-order valence-corrected chi connectivity index (χ4v) is 2.74. The summed E-state index contributed by atoms with van der Waals surface area (Å²) in [4.78, 5) is 25.1. The van der Waals surface area contributed by atoms with Gasteiger partial charge < -0.3 is 16.0 Å². The molecule has 7 heteroatoms. The highest BCUT2D eigenvalue weighted by Crippen LogP contribution is 2.25. The number of aromatic nitrogens is 2. The van der Waals surface area contributed by atoms with Crippen molar-refractivity contribution in [2.45, 2.75) is 51.5 Å². The zero-order valence-corrected chi connectivity index (χ0v) is 13.3. The first-order valence-corrected chi connectivity index (χ1v) is 7.85. The van der Waals surface area contributed by atoms with Crippen molar-refractivity contribution in [1.82, 2.24) is 14.7 Å². The van der Waals surface area contributed by atoms with Crippen molar-refractivity contribution in [3.63, 3.8) is 0 Å². The maximum atomic E-state index is 12.4. The molecule has 0 atom stereocenters. The van der Waals surface area contributed by atoms with Gasteiger partial charge in [0.05, 0.1) is 0 Å². The number of rotatable bonds is 4. The number of unbranched alkanes of at least 4 members (excludes halogenated alkanes) is 1. The lowest BCUT2D eigenvalue weighted by molar-refractivity contribution is -0.114. The van der Waals surface area contributed by atoms with Gasteiger partial charge in [-0.2, -0.15) is 4.68 Å². The fourth-order valence-electron chi connectivity index (χ4n) is 2.74. The van der Waals surface area contributed by atoms with Crippen molar-refractivity contribution < 1.29 is 9.59 Å². The van der Waals surface area contributed by atoms with E-state index in [-0.39, 0.29) is 17.5 Å². The highest BCUT2D eigenvalue weighted by Gasteiger charge is 2.32. The third-order valence-electron chi connectivity index (χ3n) is 4.15. The Morgan fingerprint density at radius 2 is 2.09 bits per heavy atom. The van der Waals surface area contributed by atoms with Crippen LogP contribution in [0.25, 0.3) is 0 Å². The molecule has 22 heavy (non-hydrogen) atoms. The highest BCUT2D eigenvalue weighted by molar-refractivity contribution is 5.87. The molecule has 7 nitrogen and oxygen atoms in total. The average Bonchev–Trinajstić information content (AvgIpc) is 2.93. The quantitative estimate of drug-likeness (QED) is 0.887. The Hall–Kier alpha value is -1.89. The van der Waals surface area contributed by atoms with Crippen molar-refractivity contribution in [1.29, 1.82) is 0 Å². The Labute approximate surface area is 130 Å². The minimum Gasteiger partial charge on any atom is -0.325 e. The van der Waals surface area contributed by atoms with Gasteiger partial charge >= 0.3 is 6.03 Å². The molecule has 1 aromatic heterocycles. The Balaban J connectivity index is 1.92. The van der Waals surface area contributed by atoms with Gasteiger partial charge in [-0.15, -0.1) is 5.10 Å². The molecule has 1 aliphatic heterocycles. The molecule has 122 valence electrons. The first-order chi connectivity index (χ1) is 10.4. The lowest BCUT2D eigenvalue weighted by Gasteiger charge is -2.39. The zero-order chi connectivity index (χ0) is 16.2. The Kier molecular flexibility index (Phi) is 5.18. The molecule has 2 heterocycles. The number of anilines is 1. The molecule has 0 radical (unpaired) electrons. The van der Waals surface area contributed by atoms with Crippen LogP contribution >= 0.6 is 0 Å². The van der Waals surface area contributed by atoms with E-state index >= 15 is 0 Å². The predicted octanol–water partition coefficient (Wildman–Crippen LogP) is 1.79. The predicted molar refractivity (Wildman–Crippen MR) is 84.6 cm³/mol. The van der Waals surface area contributed by atoms with E-state index in [1.54, 1.807) is 17.2 Å². The summed E-state index contributed by atoms with van der Waals surface area (Å²) in [6.45, 7) is 4.86. The number of hydrogen-bond donors (Lipinski definition) is 2. The number of likely N-dealkylation sites (tertiary alicyclic amines) is 1. The molecule has 1 fully saturated rings. The normalized spacial score (nSPS) is 17.3. The smallest absolute Gasteiger partial charge is 0.325 e. The third-order valence-corrected chi connectivity index (χ3v) is 4.15. The van der Waals surface area contributed by atoms with Crippen LogP contribution in [-0.4, -0.2) is 45.2 Å². The third kappa shape index (κ3) is 4.07. The van der Waals surface area contributed by atoms with Crippen LogP contribution in [0, 0.1) is 0 Å². The SMILES string of the molecule is CCCCC1(N)CCN(C(=O)n2ccc(NC(C)=O)n2)CC1. The number of hydrogen-bond acceptors (Lipinski definition) is 4. The van der Waals surface area contributed by atoms with E-state index < -0.39 is 0 Å². The summed E-state index contributed by atoms with van der Waals surface area (Å²) in [7, 11) is 0. The van der Waals surface area contributed by atoms with E-state index in [1.165, 1.54) is 11.6 Å². The molecule has 3 N–H and O–H groups in total. The molecular formula is C15H25N5O2. The van der Waals surface area contributed by atoms with Crippen LogP contribution in [-0.2, 0) is 4.79 Å². The molecule has 2 rings (SSSR count). The Morgan fingerprint density at radius 1 is 1.41 bits per heavy atom. The summed E-state index contributed by atoms with van der Waals surface area (Å²) in [6.07, 6.45) is 6.48. The average molecular weight is 307 g/mol. The van der Waals surface area contributed by atoms with Crippen LogP contribution in [0.1, 0.15) is 46.0 Å². The van der Waals surface area contributed by atoms with Gasteiger partial charge in [0, 0.05) is 37.8 Å². The number of nitrogens with zero attached hydrogens (tertiary/aromatic N) is 3. The van der Waals surface area contributed by atoms with Crippen LogP contribution in [0.3, 0.4) is 0 Å². The standard InChI is InChI=1S/C15H25N5O2/c1-3-4-6-15(16)7-10-19(11-8-15)14(22)20-9-5-13(18-20)17-12(2)21/h5,9H,3-4,6-8,10-11,16H2,1-2H3,(H,17,18,21). The maximum absolute atomic E-state index is 12.4. The topological polar surface area (TPSA) is 93.2 Å². The summed E-state index contributed by atoms with van der Waals surface area (Å²) >= 11 is 0. The van der Waals surface area contributed by atoms with Gasteiger partial charge in [-0.25, -0.2) is 4.79 Å². The second-order valence-electron chi connectivity index (χ2n) is 6.06. The minimum absolute atomic E-state index is 0.141. The van der Waals surface area contributed by atoms with Gasteiger partial charge in [-0.05, 0) is 19.3 Å². The zero-order valence-electron chi connectivity index (χ0n) is 13.3. The summed E-state index contributed by atoms with van der Waals surface area (Å²) in [5.41, 5.74) is 6.26. The summed E-state index contributed by atoms with van der Waals surface area (Å²) < 4.78 is 1.26. The molecule has 1 saturated heterocycles. The van der Waals surface area contributed by atoms with E-state index in [9.17, 15) is 9.59 Å². The van der Waals surface area contributed by atoms with E-state index in [4.69, 9.17) is 5.73 Å². The first-order valence-electron chi connectivity index (χ1n) is 7.85. The molecule has 2 amide bonds. The van der Waals surface area contributed by atoms with Gasteiger partial charge in [0.1, 0.15) is 0 Å². The summed E-state index contributed by atoms with van der Waals surface area (Å²) in [5.74, 6) is 0.175. The van der Waals surface area contributed by atoms with Gasteiger partial charge in [-0.3, -0.25) is 4.79 Å². The van der Waals surface area contributed by atoms with Crippen molar-refractivity contribution in [3.05, 3.63) is 12.3 Å². The molecule has 1 aliphatic rings. The number of carbonyl (C=O) groups excluding carboxylic acids is 2. The van der Waals surface area contributed by atoms with Crippen molar-refractivity contribution in [2.75, 3.05) is 18.4 Å². The lowest BCUT2D eigenvalue weighted by atomic mass is 9.84. The van der Waals surface area contributed by atoms with Crippen molar-refractivity contribution in [2.24, 2.45) is 5.73 Å². The number of nitrogens with two attached hydrogens (primary N) is 1. The molecular weight excluding hydrogens is 282 g/mol. The molecule has 0 unspecified atom stereocenters. The molecule has 0 saturated carbocycles. The summed E-state index contributed by atoms with van der Waals surface area (Å²) in [5, 5.41) is 6.63. The minimum atomic E-state index is -0.209. The van der Waals surface area contributed by atoms with E-state index in [2.05, 4.69) is 17.3 Å². The monoisotopic (exact) mass is 307 g/mol. The second-order valence-corrected chi connectivity index (χ2v) is 6.06. The van der Waals surface area contributed by atoms with Crippen LogP contribution < -0.4 is 11.1 Å². The maximum Gasteiger partial charge on any atom is 0.344 e. The van der Waals surface area contributed by atoms with Crippen molar-refractivity contribution in [3.8, 4) is 0 Å². The van der Waals surface area contributed by atoms with E-state index in [1.807, 2.05) is 0 Å². The molecule has 1 aromatic rings. The largest absolute Gasteiger partial charge is 0.344 e. The van der Waals surface area contributed by atoms with Gasteiger partial charge in [0.25, 0.3) is 0 Å². The number of piperidine rings is 1. The van der Waals surface area contributed by atoms with Crippen LogP contribution in [0.5, 0.6) is 0 Å². The van der Waals surface area contributed by atoms with Gasteiger partial charge in [0.15, 0.2) is 5.82 Å². The lowest BCUT2D eigenvalue weighted by Crippen LogP contribution is -2.52. The first kappa shape index (κ1) is 16.5. The highest BCUT2D eigenvalue weighted by atomic mass is 16.2. The van der Waals surface area contributed by atoms with E-state index in [0.29, 0.717) is 18.9 Å². The fraction of sp³-hybridized carbons (Fsp3) is 0.667. The van der Waals surface area contributed by atoms with Crippen LogP contribution in [0.2, 0.25) is 0 Å². The Bertz CT molecular complexity index is 532. The number of amides is 2. The Morgan fingerprint density at radius 3 is 2.68 bits per heavy atom. The molecule has 0 spiro atoms. The molecule has 0 aliphatic carbocycles. The van der Waals surface area contributed by atoms with Gasteiger partial charge in [0.2, 0.25) is 5.91 Å². The van der Waals surface area contributed by atoms with Crippen LogP contribution in [0.4, 0.5) is 10.6 Å².